The van der Waals surface area contributed by atoms with E-state index in [4.69, 9.17) is 0 Å². The molecule has 3 heteroatoms. The summed E-state index contributed by atoms with van der Waals surface area (Å²) in [6.45, 7) is 4.27. The molecule has 0 heterocycles. The monoisotopic (exact) mass is 266 g/mol. The average Bonchev–Trinajstić information content (AvgIpc) is 2.52. The summed E-state index contributed by atoms with van der Waals surface area (Å²) in [7, 11) is 0. The molecule has 3 nitrogen and oxygen atoms in total. The van der Waals surface area contributed by atoms with Crippen LogP contribution < -0.4 is 10.6 Å². The van der Waals surface area contributed by atoms with Crippen LogP contribution in [0.4, 0.5) is 4.79 Å². The molecule has 0 aliphatic carbocycles. The molecule has 0 saturated heterocycles. The lowest BCUT2D eigenvalue weighted by Gasteiger charge is -2.15. The van der Waals surface area contributed by atoms with Crippen molar-refractivity contribution in [3.8, 4) is 0 Å². The summed E-state index contributed by atoms with van der Waals surface area (Å²) in [6, 6.07) is 19.2. The lowest BCUT2D eigenvalue weighted by Crippen LogP contribution is -2.36. The zero-order valence-electron chi connectivity index (χ0n) is 11.3. The fourth-order valence-electron chi connectivity index (χ4n) is 1.91. The molecule has 1 unspecified atom stereocenters. The summed E-state index contributed by atoms with van der Waals surface area (Å²) in [5.74, 6) is 0. The molecule has 2 aromatic carbocycles. The van der Waals surface area contributed by atoms with Crippen LogP contribution in [0.3, 0.4) is 0 Å². The number of hydrogen-bond donors (Lipinski definition) is 2. The molecule has 0 fully saturated rings. The molecule has 20 heavy (non-hydrogen) atoms. The van der Waals surface area contributed by atoms with Gasteiger partial charge in [-0.15, -0.1) is 6.58 Å². The molecule has 0 radical (unpaired) electrons. The van der Waals surface area contributed by atoms with Crippen LogP contribution in [0.15, 0.2) is 73.3 Å². The molecule has 0 bridgehead atoms. The summed E-state index contributed by atoms with van der Waals surface area (Å²) in [5, 5.41) is 5.72. The standard InChI is InChI=1S/C17H18N2O/c1-2-16(15-11-7-4-8-12-15)19-17(20)18-13-14-9-5-3-6-10-14/h2-12,16H,1,13H2,(H2,18,19,20). The Hall–Kier alpha value is -2.55. The molecular weight excluding hydrogens is 248 g/mol. The van der Waals surface area contributed by atoms with E-state index in [0.717, 1.165) is 11.1 Å². The third-order valence-electron chi connectivity index (χ3n) is 2.98. The largest absolute Gasteiger partial charge is 0.334 e. The Morgan fingerprint density at radius 2 is 1.65 bits per heavy atom. The quantitative estimate of drug-likeness (QED) is 0.800. The first-order valence-electron chi connectivity index (χ1n) is 6.55. The van der Waals surface area contributed by atoms with Crippen molar-refractivity contribution in [3.63, 3.8) is 0 Å². The molecule has 0 spiro atoms. The van der Waals surface area contributed by atoms with Gasteiger partial charge in [-0.25, -0.2) is 4.79 Å². The normalized spacial score (nSPS) is 11.4. The molecule has 0 aliphatic rings. The molecule has 0 saturated carbocycles. The second-order valence-electron chi connectivity index (χ2n) is 4.44. The zero-order valence-corrected chi connectivity index (χ0v) is 11.3. The maximum absolute atomic E-state index is 11.9. The van der Waals surface area contributed by atoms with Crippen molar-refractivity contribution in [2.45, 2.75) is 12.6 Å². The van der Waals surface area contributed by atoms with Gasteiger partial charge in [-0.05, 0) is 11.1 Å². The van der Waals surface area contributed by atoms with Crippen molar-refractivity contribution < 1.29 is 4.79 Å². The average molecular weight is 266 g/mol. The smallest absolute Gasteiger partial charge is 0.315 e. The van der Waals surface area contributed by atoms with E-state index in [-0.39, 0.29) is 12.1 Å². The van der Waals surface area contributed by atoms with Crippen molar-refractivity contribution in [1.82, 2.24) is 10.6 Å². The minimum absolute atomic E-state index is 0.188. The Bertz CT molecular complexity index is 552. The first-order valence-corrected chi connectivity index (χ1v) is 6.55. The van der Waals surface area contributed by atoms with Crippen LogP contribution in [0.5, 0.6) is 0 Å². The molecule has 2 rings (SSSR count). The Morgan fingerprint density at radius 1 is 1.05 bits per heavy atom. The highest BCUT2D eigenvalue weighted by atomic mass is 16.2. The highest BCUT2D eigenvalue weighted by molar-refractivity contribution is 5.74. The highest BCUT2D eigenvalue weighted by Gasteiger charge is 2.09. The van der Waals surface area contributed by atoms with E-state index in [1.807, 2.05) is 60.7 Å². The Balaban J connectivity index is 1.88. The Labute approximate surface area is 119 Å². The van der Waals surface area contributed by atoms with Crippen molar-refractivity contribution >= 4 is 6.03 Å². The summed E-state index contributed by atoms with van der Waals surface area (Å²) in [5.41, 5.74) is 2.08. The van der Waals surface area contributed by atoms with Crippen LogP contribution in [0, 0.1) is 0 Å². The van der Waals surface area contributed by atoms with Crippen molar-refractivity contribution in [1.29, 1.82) is 0 Å². The SMILES string of the molecule is C=CC(NC(=O)NCc1ccccc1)c1ccccc1. The van der Waals surface area contributed by atoms with Gasteiger partial charge in [-0.2, -0.15) is 0 Å². The van der Waals surface area contributed by atoms with Crippen LogP contribution >= 0.6 is 0 Å². The molecule has 0 aromatic heterocycles. The van der Waals surface area contributed by atoms with Gasteiger partial charge in [0.1, 0.15) is 0 Å². The Kier molecular flexibility index (Phi) is 4.95. The number of carbonyl (C=O) groups is 1. The number of hydrogen-bond acceptors (Lipinski definition) is 1. The maximum Gasteiger partial charge on any atom is 0.315 e. The predicted octanol–water partition coefficient (Wildman–Crippen LogP) is 3.41. The molecule has 2 aromatic rings. The number of amides is 2. The lowest BCUT2D eigenvalue weighted by atomic mass is 10.1. The minimum Gasteiger partial charge on any atom is -0.334 e. The summed E-state index contributed by atoms with van der Waals surface area (Å²) >= 11 is 0. The molecule has 102 valence electrons. The third-order valence-corrected chi connectivity index (χ3v) is 2.98. The number of carbonyl (C=O) groups excluding carboxylic acids is 1. The third kappa shape index (κ3) is 3.99. The molecular formula is C17H18N2O. The number of benzene rings is 2. The first kappa shape index (κ1) is 13.9. The van der Waals surface area contributed by atoms with Crippen molar-refractivity contribution in [3.05, 3.63) is 84.4 Å². The van der Waals surface area contributed by atoms with Gasteiger partial charge in [0.05, 0.1) is 6.04 Å². The van der Waals surface area contributed by atoms with Gasteiger partial charge >= 0.3 is 6.03 Å². The second kappa shape index (κ2) is 7.14. The summed E-state index contributed by atoms with van der Waals surface area (Å²) in [6.07, 6.45) is 1.72. The number of urea groups is 1. The number of nitrogens with one attached hydrogen (secondary N) is 2. The van der Waals surface area contributed by atoms with Crippen LogP contribution in [-0.4, -0.2) is 6.03 Å². The zero-order chi connectivity index (χ0) is 14.2. The van der Waals surface area contributed by atoms with Gasteiger partial charge < -0.3 is 10.6 Å². The molecule has 2 amide bonds. The van der Waals surface area contributed by atoms with E-state index in [2.05, 4.69) is 17.2 Å². The van der Waals surface area contributed by atoms with Gasteiger partial charge in [0, 0.05) is 6.54 Å². The minimum atomic E-state index is -0.206. The van der Waals surface area contributed by atoms with Crippen LogP contribution in [0.1, 0.15) is 17.2 Å². The topological polar surface area (TPSA) is 41.1 Å². The Morgan fingerprint density at radius 3 is 2.25 bits per heavy atom. The van der Waals surface area contributed by atoms with E-state index < -0.39 is 0 Å². The number of rotatable bonds is 5. The van der Waals surface area contributed by atoms with E-state index >= 15 is 0 Å². The lowest BCUT2D eigenvalue weighted by molar-refractivity contribution is 0.238. The van der Waals surface area contributed by atoms with Gasteiger partial charge in [0.2, 0.25) is 0 Å². The summed E-state index contributed by atoms with van der Waals surface area (Å²) in [4.78, 5) is 11.9. The van der Waals surface area contributed by atoms with Gasteiger partial charge in [0.25, 0.3) is 0 Å². The van der Waals surface area contributed by atoms with Gasteiger partial charge in [0.15, 0.2) is 0 Å². The fourth-order valence-corrected chi connectivity index (χ4v) is 1.91. The van der Waals surface area contributed by atoms with Crippen LogP contribution in [0.2, 0.25) is 0 Å². The molecule has 0 aliphatic heterocycles. The van der Waals surface area contributed by atoms with E-state index in [0.29, 0.717) is 6.54 Å². The first-order chi connectivity index (χ1) is 9.79. The van der Waals surface area contributed by atoms with E-state index in [9.17, 15) is 4.79 Å². The van der Waals surface area contributed by atoms with E-state index in [1.54, 1.807) is 6.08 Å². The summed E-state index contributed by atoms with van der Waals surface area (Å²) < 4.78 is 0. The fraction of sp³-hybridized carbons (Fsp3) is 0.118. The van der Waals surface area contributed by atoms with Crippen LogP contribution in [-0.2, 0) is 6.54 Å². The van der Waals surface area contributed by atoms with E-state index in [1.165, 1.54) is 0 Å². The maximum atomic E-state index is 11.9. The van der Waals surface area contributed by atoms with Gasteiger partial charge in [-0.3, -0.25) is 0 Å². The highest BCUT2D eigenvalue weighted by Crippen LogP contribution is 2.12. The second-order valence-corrected chi connectivity index (χ2v) is 4.44. The molecule has 2 N–H and O–H groups in total. The van der Waals surface area contributed by atoms with Gasteiger partial charge in [-0.1, -0.05) is 66.7 Å². The van der Waals surface area contributed by atoms with Crippen LogP contribution in [0.25, 0.3) is 0 Å². The van der Waals surface area contributed by atoms with Crippen molar-refractivity contribution in [2.24, 2.45) is 0 Å². The van der Waals surface area contributed by atoms with Crippen molar-refractivity contribution in [2.75, 3.05) is 0 Å². The molecule has 1 atom stereocenters. The predicted molar refractivity (Wildman–Crippen MR) is 81.2 cm³/mol.